The first-order chi connectivity index (χ1) is 12.8. The predicted molar refractivity (Wildman–Crippen MR) is 109 cm³/mol. The molecular formula is C23H34O4. The number of aliphatic hydroxyl groups excluding tert-OH is 1. The summed E-state index contributed by atoms with van der Waals surface area (Å²) in [5.74, 6) is 1.59. The van der Waals surface area contributed by atoms with Gasteiger partial charge in [-0.05, 0) is 69.7 Å². The molecule has 3 rings (SSSR count). The van der Waals surface area contributed by atoms with Crippen molar-refractivity contribution in [1.29, 1.82) is 0 Å². The van der Waals surface area contributed by atoms with Crippen LogP contribution in [0.1, 0.15) is 70.9 Å². The SMILES string of the molecule is CCCCCc1cc(OC)c2c(c1)OC(C)(C)C1=C2C(O)C(C)(OC)CC1. The van der Waals surface area contributed by atoms with Gasteiger partial charge in [0.05, 0.1) is 18.3 Å². The number of ether oxygens (including phenoxy) is 3. The molecule has 150 valence electrons. The highest BCUT2D eigenvalue weighted by molar-refractivity contribution is 5.84. The summed E-state index contributed by atoms with van der Waals surface area (Å²) < 4.78 is 17.9. The molecular weight excluding hydrogens is 340 g/mol. The van der Waals surface area contributed by atoms with Crippen LogP contribution in [-0.4, -0.2) is 36.6 Å². The zero-order valence-corrected chi connectivity index (χ0v) is 17.6. The summed E-state index contributed by atoms with van der Waals surface area (Å²) in [6.45, 7) is 8.37. The molecule has 0 spiro atoms. The Morgan fingerprint density at radius 1 is 1.19 bits per heavy atom. The summed E-state index contributed by atoms with van der Waals surface area (Å²) in [5.41, 5.74) is 3.13. The van der Waals surface area contributed by atoms with Crippen LogP contribution in [0, 0.1) is 0 Å². The zero-order valence-electron chi connectivity index (χ0n) is 17.6. The molecule has 0 amide bonds. The topological polar surface area (TPSA) is 47.9 Å². The summed E-state index contributed by atoms with van der Waals surface area (Å²) >= 11 is 0. The molecule has 4 nitrogen and oxygen atoms in total. The van der Waals surface area contributed by atoms with Crippen LogP contribution in [0.3, 0.4) is 0 Å². The average Bonchev–Trinajstić information content (AvgIpc) is 2.63. The van der Waals surface area contributed by atoms with E-state index in [2.05, 4.69) is 32.9 Å². The van der Waals surface area contributed by atoms with Crippen molar-refractivity contribution in [3.05, 3.63) is 28.8 Å². The second-order valence-electron chi connectivity index (χ2n) is 8.55. The quantitative estimate of drug-likeness (QED) is 0.719. The maximum atomic E-state index is 11.3. The highest BCUT2D eigenvalue weighted by Gasteiger charge is 2.48. The van der Waals surface area contributed by atoms with E-state index in [-0.39, 0.29) is 0 Å². The van der Waals surface area contributed by atoms with Crippen LogP contribution in [0.15, 0.2) is 17.7 Å². The van der Waals surface area contributed by atoms with Crippen LogP contribution < -0.4 is 9.47 Å². The van der Waals surface area contributed by atoms with Gasteiger partial charge in [0.15, 0.2) is 0 Å². The largest absolute Gasteiger partial charge is 0.496 e. The standard InChI is InChI=1S/C23H34O4/c1-7-8-9-10-15-13-17(25-5)20-18(14-15)27-22(2,3)16-11-12-23(4,26-6)21(24)19(16)20/h13-14,21,24H,7-12H2,1-6H3. The Labute approximate surface area is 163 Å². The third-order valence-electron chi connectivity index (χ3n) is 6.29. The summed E-state index contributed by atoms with van der Waals surface area (Å²) in [7, 11) is 3.37. The van der Waals surface area contributed by atoms with Gasteiger partial charge in [0.2, 0.25) is 0 Å². The maximum Gasteiger partial charge on any atom is 0.132 e. The summed E-state index contributed by atoms with van der Waals surface area (Å²) in [6, 6.07) is 4.23. The van der Waals surface area contributed by atoms with Gasteiger partial charge in [-0.1, -0.05) is 19.8 Å². The molecule has 2 aliphatic rings. The third kappa shape index (κ3) is 3.50. The van der Waals surface area contributed by atoms with E-state index in [1.165, 1.54) is 18.4 Å². The Hall–Kier alpha value is -1.52. The molecule has 0 fully saturated rings. The molecule has 0 radical (unpaired) electrons. The third-order valence-corrected chi connectivity index (χ3v) is 6.29. The van der Waals surface area contributed by atoms with Crippen LogP contribution in [0.25, 0.3) is 5.57 Å². The van der Waals surface area contributed by atoms with Crippen LogP contribution in [0.5, 0.6) is 11.5 Å². The van der Waals surface area contributed by atoms with E-state index in [1.54, 1.807) is 14.2 Å². The fourth-order valence-corrected chi connectivity index (χ4v) is 4.45. The molecule has 0 saturated heterocycles. The molecule has 2 unspecified atom stereocenters. The smallest absolute Gasteiger partial charge is 0.132 e. The van der Waals surface area contributed by atoms with Crippen LogP contribution >= 0.6 is 0 Å². The molecule has 1 heterocycles. The number of hydrogen-bond donors (Lipinski definition) is 1. The van der Waals surface area contributed by atoms with E-state index >= 15 is 0 Å². The lowest BCUT2D eigenvalue weighted by Gasteiger charge is -2.47. The van der Waals surface area contributed by atoms with Gasteiger partial charge < -0.3 is 19.3 Å². The van der Waals surface area contributed by atoms with Gasteiger partial charge in [-0.25, -0.2) is 0 Å². The highest BCUT2D eigenvalue weighted by Crippen LogP contribution is 2.53. The second-order valence-corrected chi connectivity index (χ2v) is 8.55. The van der Waals surface area contributed by atoms with Gasteiger partial charge >= 0.3 is 0 Å². The number of rotatable bonds is 6. The minimum atomic E-state index is -0.715. The van der Waals surface area contributed by atoms with Crippen molar-refractivity contribution in [2.45, 2.75) is 83.5 Å². The minimum absolute atomic E-state index is 0.453. The molecule has 1 aliphatic carbocycles. The molecule has 1 aromatic rings. The van der Waals surface area contributed by atoms with Crippen LogP contribution in [0.4, 0.5) is 0 Å². The number of methoxy groups -OCH3 is 2. The van der Waals surface area contributed by atoms with Crippen LogP contribution in [-0.2, 0) is 11.2 Å². The van der Waals surface area contributed by atoms with E-state index in [1.807, 2.05) is 6.92 Å². The first kappa shape index (κ1) is 20.2. The van der Waals surface area contributed by atoms with Crippen molar-refractivity contribution in [1.82, 2.24) is 0 Å². The zero-order chi connectivity index (χ0) is 19.8. The maximum absolute atomic E-state index is 11.3. The highest BCUT2D eigenvalue weighted by atomic mass is 16.5. The summed E-state index contributed by atoms with van der Waals surface area (Å²) in [6.07, 6.45) is 5.46. The molecule has 1 aromatic carbocycles. The fourth-order valence-electron chi connectivity index (χ4n) is 4.45. The predicted octanol–water partition coefficient (Wildman–Crippen LogP) is 4.91. The number of aryl methyl sites for hydroxylation is 1. The molecule has 27 heavy (non-hydrogen) atoms. The summed E-state index contributed by atoms with van der Waals surface area (Å²) in [4.78, 5) is 0. The van der Waals surface area contributed by atoms with Crippen molar-refractivity contribution in [3.63, 3.8) is 0 Å². The Morgan fingerprint density at radius 3 is 2.56 bits per heavy atom. The van der Waals surface area contributed by atoms with Crippen molar-refractivity contribution >= 4 is 5.57 Å². The molecule has 4 heteroatoms. The van der Waals surface area contributed by atoms with Gasteiger partial charge in [-0.3, -0.25) is 0 Å². The first-order valence-corrected chi connectivity index (χ1v) is 10.1. The average molecular weight is 375 g/mol. The summed E-state index contributed by atoms with van der Waals surface area (Å²) in [5, 5.41) is 11.3. The van der Waals surface area contributed by atoms with Gasteiger partial charge in [0.25, 0.3) is 0 Å². The molecule has 2 atom stereocenters. The number of fused-ring (bicyclic) bond motifs is 2. The number of hydrogen-bond acceptors (Lipinski definition) is 4. The van der Waals surface area contributed by atoms with E-state index in [0.29, 0.717) is 0 Å². The van der Waals surface area contributed by atoms with Crippen molar-refractivity contribution in [3.8, 4) is 11.5 Å². The number of benzene rings is 1. The van der Waals surface area contributed by atoms with Crippen LogP contribution in [0.2, 0.25) is 0 Å². The minimum Gasteiger partial charge on any atom is -0.496 e. The molecule has 0 saturated carbocycles. The van der Waals surface area contributed by atoms with E-state index in [4.69, 9.17) is 14.2 Å². The van der Waals surface area contributed by atoms with Gasteiger partial charge in [-0.15, -0.1) is 0 Å². The van der Waals surface area contributed by atoms with E-state index < -0.39 is 17.3 Å². The molecule has 1 aliphatic heterocycles. The fraction of sp³-hybridized carbons (Fsp3) is 0.652. The normalized spacial score (nSPS) is 26.3. The van der Waals surface area contributed by atoms with Gasteiger partial charge in [0.1, 0.15) is 23.2 Å². The van der Waals surface area contributed by atoms with Gasteiger partial charge in [-0.2, -0.15) is 0 Å². The molecule has 0 aromatic heterocycles. The molecule has 1 N–H and O–H groups in total. The van der Waals surface area contributed by atoms with E-state index in [0.717, 1.165) is 53.9 Å². The van der Waals surface area contributed by atoms with Gasteiger partial charge in [0, 0.05) is 12.7 Å². The lowest BCUT2D eigenvalue weighted by molar-refractivity contribution is -0.0782. The monoisotopic (exact) mass is 374 g/mol. The lowest BCUT2D eigenvalue weighted by Crippen LogP contribution is -2.49. The second kappa shape index (κ2) is 7.48. The first-order valence-electron chi connectivity index (χ1n) is 10.1. The Morgan fingerprint density at radius 2 is 1.93 bits per heavy atom. The number of unbranched alkanes of at least 4 members (excludes halogenated alkanes) is 2. The van der Waals surface area contributed by atoms with Crippen molar-refractivity contribution in [2.75, 3.05) is 14.2 Å². The Balaban J connectivity index is 2.13. The Kier molecular flexibility index (Phi) is 5.60. The molecule has 0 bridgehead atoms. The lowest BCUT2D eigenvalue weighted by atomic mass is 9.70. The van der Waals surface area contributed by atoms with Crippen molar-refractivity contribution in [2.24, 2.45) is 0 Å². The number of aliphatic hydroxyl groups is 1. The van der Waals surface area contributed by atoms with Crippen molar-refractivity contribution < 1.29 is 19.3 Å². The Bertz CT molecular complexity index is 734. The van der Waals surface area contributed by atoms with E-state index in [9.17, 15) is 5.11 Å².